The topological polar surface area (TPSA) is 108 Å². The SMILES string of the molecule is Cn1cc(/C=C/C(=O)NC(CO)(CO)CO)cn1. The third kappa shape index (κ3) is 3.66. The molecule has 7 heteroatoms. The minimum absolute atomic E-state index is 0.518. The molecule has 100 valence electrons. The predicted octanol–water partition coefficient (Wildman–Crippen LogP) is -1.73. The first-order valence-corrected chi connectivity index (χ1v) is 5.37. The molecule has 0 aliphatic rings. The smallest absolute Gasteiger partial charge is 0.244 e. The van der Waals surface area contributed by atoms with Crippen molar-refractivity contribution in [2.24, 2.45) is 7.05 Å². The van der Waals surface area contributed by atoms with E-state index in [9.17, 15) is 4.79 Å². The van der Waals surface area contributed by atoms with Crippen LogP contribution >= 0.6 is 0 Å². The maximum absolute atomic E-state index is 11.6. The van der Waals surface area contributed by atoms with Crippen LogP contribution in [0.4, 0.5) is 0 Å². The molecule has 0 aliphatic carbocycles. The maximum Gasteiger partial charge on any atom is 0.244 e. The number of hydrogen-bond acceptors (Lipinski definition) is 5. The molecule has 1 aromatic heterocycles. The third-order valence-corrected chi connectivity index (χ3v) is 2.45. The lowest BCUT2D eigenvalue weighted by Gasteiger charge is -2.27. The lowest BCUT2D eigenvalue weighted by molar-refractivity contribution is -0.120. The van der Waals surface area contributed by atoms with Crippen LogP contribution in [0.2, 0.25) is 0 Å². The second kappa shape index (κ2) is 6.29. The number of nitrogens with one attached hydrogen (secondary N) is 1. The molecule has 18 heavy (non-hydrogen) atoms. The first-order chi connectivity index (χ1) is 8.55. The van der Waals surface area contributed by atoms with Gasteiger partial charge in [0.2, 0.25) is 5.91 Å². The quantitative estimate of drug-likeness (QED) is 0.452. The van der Waals surface area contributed by atoms with Gasteiger partial charge in [0, 0.05) is 24.9 Å². The van der Waals surface area contributed by atoms with Crippen LogP contribution in [0.3, 0.4) is 0 Å². The molecular weight excluding hydrogens is 238 g/mol. The Morgan fingerprint density at radius 2 is 2.06 bits per heavy atom. The number of hydrogen-bond donors (Lipinski definition) is 4. The minimum Gasteiger partial charge on any atom is -0.394 e. The van der Waals surface area contributed by atoms with Crippen molar-refractivity contribution >= 4 is 12.0 Å². The van der Waals surface area contributed by atoms with Crippen LogP contribution in [-0.4, -0.2) is 56.4 Å². The average Bonchev–Trinajstić information content (AvgIpc) is 2.80. The highest BCUT2D eigenvalue weighted by molar-refractivity contribution is 5.92. The molecule has 0 radical (unpaired) electrons. The Labute approximate surface area is 104 Å². The van der Waals surface area contributed by atoms with Gasteiger partial charge in [-0.2, -0.15) is 5.10 Å². The Hall–Kier alpha value is -1.70. The van der Waals surface area contributed by atoms with Gasteiger partial charge in [-0.15, -0.1) is 0 Å². The number of carbonyl (C=O) groups excluding carboxylic acids is 1. The molecule has 0 aliphatic heterocycles. The van der Waals surface area contributed by atoms with E-state index >= 15 is 0 Å². The molecule has 0 saturated heterocycles. The van der Waals surface area contributed by atoms with Gasteiger partial charge in [0.1, 0.15) is 5.54 Å². The summed E-state index contributed by atoms with van der Waals surface area (Å²) in [6, 6.07) is 0. The van der Waals surface area contributed by atoms with E-state index < -0.39 is 31.3 Å². The highest BCUT2D eigenvalue weighted by Crippen LogP contribution is 2.03. The fourth-order valence-electron chi connectivity index (χ4n) is 1.27. The number of amides is 1. The molecule has 0 atom stereocenters. The van der Waals surface area contributed by atoms with Crippen molar-refractivity contribution in [1.29, 1.82) is 0 Å². The molecule has 0 saturated carbocycles. The maximum atomic E-state index is 11.6. The summed E-state index contributed by atoms with van der Waals surface area (Å²) in [6.45, 7) is -1.65. The number of aliphatic hydroxyl groups excluding tert-OH is 3. The van der Waals surface area contributed by atoms with E-state index in [1.807, 2.05) is 0 Å². The largest absolute Gasteiger partial charge is 0.394 e. The van der Waals surface area contributed by atoms with Crippen molar-refractivity contribution in [1.82, 2.24) is 15.1 Å². The normalized spacial score (nSPS) is 12.0. The standard InChI is InChI=1S/C11H17N3O4/c1-14-5-9(4-12-14)2-3-10(18)13-11(6-15,7-16)8-17/h2-5,15-17H,6-8H2,1H3,(H,13,18)/b3-2+. The van der Waals surface area contributed by atoms with Gasteiger partial charge in [-0.1, -0.05) is 0 Å². The molecule has 1 heterocycles. The van der Waals surface area contributed by atoms with Gasteiger partial charge >= 0.3 is 0 Å². The van der Waals surface area contributed by atoms with Crippen molar-refractivity contribution in [2.75, 3.05) is 19.8 Å². The number of aromatic nitrogens is 2. The van der Waals surface area contributed by atoms with Crippen LogP contribution in [-0.2, 0) is 11.8 Å². The Bertz CT molecular complexity index is 415. The van der Waals surface area contributed by atoms with Crippen molar-refractivity contribution in [3.63, 3.8) is 0 Å². The fraction of sp³-hybridized carbons (Fsp3) is 0.455. The van der Waals surface area contributed by atoms with Crippen LogP contribution in [0.25, 0.3) is 6.08 Å². The van der Waals surface area contributed by atoms with E-state index in [0.29, 0.717) is 0 Å². The molecule has 7 nitrogen and oxygen atoms in total. The summed E-state index contributed by atoms with van der Waals surface area (Å²) in [5.74, 6) is -0.518. The van der Waals surface area contributed by atoms with Crippen molar-refractivity contribution in [3.8, 4) is 0 Å². The highest BCUT2D eigenvalue weighted by atomic mass is 16.3. The predicted molar refractivity (Wildman–Crippen MR) is 64.4 cm³/mol. The fourth-order valence-corrected chi connectivity index (χ4v) is 1.27. The number of carbonyl (C=O) groups is 1. The lowest BCUT2D eigenvalue weighted by Crippen LogP contribution is -2.56. The van der Waals surface area contributed by atoms with Crippen molar-refractivity contribution < 1.29 is 20.1 Å². The Morgan fingerprint density at radius 1 is 1.44 bits per heavy atom. The van der Waals surface area contributed by atoms with E-state index in [-0.39, 0.29) is 0 Å². The van der Waals surface area contributed by atoms with Crippen molar-refractivity contribution in [2.45, 2.75) is 5.54 Å². The number of aryl methyl sites for hydroxylation is 1. The van der Waals surface area contributed by atoms with Crippen LogP contribution in [0.5, 0.6) is 0 Å². The van der Waals surface area contributed by atoms with E-state index in [1.54, 1.807) is 30.2 Å². The van der Waals surface area contributed by atoms with Gasteiger partial charge in [0.25, 0.3) is 0 Å². The van der Waals surface area contributed by atoms with E-state index in [0.717, 1.165) is 5.56 Å². The molecule has 1 rings (SSSR count). The van der Waals surface area contributed by atoms with Gasteiger partial charge < -0.3 is 20.6 Å². The second-order valence-electron chi connectivity index (χ2n) is 4.02. The monoisotopic (exact) mass is 255 g/mol. The van der Waals surface area contributed by atoms with Gasteiger partial charge in [0.15, 0.2) is 0 Å². The summed E-state index contributed by atoms with van der Waals surface area (Å²) in [4.78, 5) is 11.6. The summed E-state index contributed by atoms with van der Waals surface area (Å²) in [5, 5.41) is 33.4. The van der Waals surface area contributed by atoms with Gasteiger partial charge in [-0.3, -0.25) is 9.48 Å². The van der Waals surface area contributed by atoms with Crippen LogP contribution in [0.1, 0.15) is 5.56 Å². The minimum atomic E-state index is -1.41. The summed E-state index contributed by atoms with van der Waals surface area (Å²) in [5.41, 5.74) is -0.661. The van der Waals surface area contributed by atoms with Crippen LogP contribution in [0, 0.1) is 0 Å². The first-order valence-electron chi connectivity index (χ1n) is 5.37. The highest BCUT2D eigenvalue weighted by Gasteiger charge is 2.29. The lowest BCUT2D eigenvalue weighted by atomic mass is 10.0. The van der Waals surface area contributed by atoms with Gasteiger partial charge in [-0.25, -0.2) is 0 Å². The van der Waals surface area contributed by atoms with Crippen LogP contribution in [0.15, 0.2) is 18.5 Å². The zero-order valence-electron chi connectivity index (χ0n) is 10.1. The molecular formula is C11H17N3O4. The van der Waals surface area contributed by atoms with E-state index in [1.165, 1.54) is 6.08 Å². The van der Waals surface area contributed by atoms with Crippen molar-refractivity contribution in [3.05, 3.63) is 24.0 Å². The second-order valence-corrected chi connectivity index (χ2v) is 4.02. The molecule has 1 amide bonds. The first kappa shape index (κ1) is 14.4. The zero-order valence-corrected chi connectivity index (χ0v) is 10.1. The number of aliphatic hydroxyl groups is 3. The molecule has 0 aromatic carbocycles. The van der Waals surface area contributed by atoms with E-state index in [4.69, 9.17) is 15.3 Å². The summed E-state index contributed by atoms with van der Waals surface area (Å²) < 4.78 is 1.59. The molecule has 0 spiro atoms. The molecule has 0 unspecified atom stereocenters. The molecule has 4 N–H and O–H groups in total. The number of rotatable bonds is 6. The Kier molecular flexibility index (Phi) is 5.02. The summed E-state index contributed by atoms with van der Waals surface area (Å²) in [7, 11) is 1.76. The molecule has 1 aromatic rings. The van der Waals surface area contributed by atoms with Crippen LogP contribution < -0.4 is 5.32 Å². The van der Waals surface area contributed by atoms with Gasteiger partial charge in [0.05, 0.1) is 26.0 Å². The Balaban J connectivity index is 2.63. The number of nitrogens with zero attached hydrogens (tertiary/aromatic N) is 2. The zero-order chi connectivity index (χ0) is 13.6. The third-order valence-electron chi connectivity index (χ3n) is 2.45. The van der Waals surface area contributed by atoms with E-state index in [2.05, 4.69) is 10.4 Å². The molecule has 0 fully saturated rings. The summed E-state index contributed by atoms with van der Waals surface area (Å²) >= 11 is 0. The molecule has 0 bridgehead atoms. The van der Waals surface area contributed by atoms with Gasteiger partial charge in [-0.05, 0) is 6.08 Å². The Morgan fingerprint density at radius 3 is 2.50 bits per heavy atom. The average molecular weight is 255 g/mol. The summed E-state index contributed by atoms with van der Waals surface area (Å²) in [6.07, 6.45) is 6.09.